The molecule has 0 radical (unpaired) electrons. The minimum absolute atomic E-state index is 0.401. The van der Waals surface area contributed by atoms with E-state index in [0.717, 1.165) is 74.8 Å². The number of furan rings is 1. The summed E-state index contributed by atoms with van der Waals surface area (Å²) in [4.78, 5) is 4.74. The fraction of sp³-hybridized carbons (Fsp3) is 0.583. The second kappa shape index (κ2) is 8.50. The number of likely N-dealkylation sites (tertiary alicyclic amines) is 1. The van der Waals surface area contributed by atoms with Gasteiger partial charge in [0.05, 0.1) is 5.60 Å². The van der Waals surface area contributed by atoms with E-state index in [-0.39, 0.29) is 0 Å². The first kappa shape index (κ1) is 20.5. The van der Waals surface area contributed by atoms with Gasteiger partial charge in [-0.1, -0.05) is 13.0 Å². The molecule has 29 heavy (non-hydrogen) atoms. The highest BCUT2D eigenvalue weighted by molar-refractivity contribution is 5.40. The van der Waals surface area contributed by atoms with E-state index in [4.69, 9.17) is 9.15 Å². The number of aliphatic hydroxyl groups is 1. The van der Waals surface area contributed by atoms with E-state index in [2.05, 4.69) is 48.0 Å². The molecule has 1 N–H and O–H groups in total. The average molecular weight is 399 g/mol. The molecule has 1 fully saturated rings. The highest BCUT2D eigenvalue weighted by Crippen LogP contribution is 2.36. The predicted octanol–water partition coefficient (Wildman–Crippen LogP) is 3.89. The Morgan fingerprint density at radius 1 is 1.14 bits per heavy atom. The molecule has 5 heteroatoms. The van der Waals surface area contributed by atoms with Gasteiger partial charge >= 0.3 is 0 Å². The Morgan fingerprint density at radius 2 is 1.93 bits per heavy atom. The summed E-state index contributed by atoms with van der Waals surface area (Å²) in [5.41, 5.74) is 1.51. The molecular weight excluding hydrogens is 364 g/mol. The number of ether oxygens (including phenoxy) is 1. The van der Waals surface area contributed by atoms with Crippen molar-refractivity contribution < 1.29 is 14.3 Å². The molecule has 0 saturated carbocycles. The number of aryl methyl sites for hydroxylation is 1. The fourth-order valence-corrected chi connectivity index (χ4v) is 4.44. The van der Waals surface area contributed by atoms with Crippen molar-refractivity contribution >= 4 is 0 Å². The van der Waals surface area contributed by atoms with Gasteiger partial charge in [0, 0.05) is 37.7 Å². The summed E-state index contributed by atoms with van der Waals surface area (Å²) in [5, 5.41) is 11.2. The highest BCUT2D eigenvalue weighted by Gasteiger charge is 2.33. The maximum Gasteiger partial charge on any atom is 0.123 e. The smallest absolute Gasteiger partial charge is 0.123 e. The molecule has 1 saturated heterocycles. The van der Waals surface area contributed by atoms with Crippen LogP contribution in [0.4, 0.5) is 0 Å². The summed E-state index contributed by atoms with van der Waals surface area (Å²) in [6.07, 6.45) is 2.62. The van der Waals surface area contributed by atoms with E-state index in [1.807, 2.05) is 13.0 Å². The van der Waals surface area contributed by atoms with Gasteiger partial charge < -0.3 is 19.2 Å². The van der Waals surface area contributed by atoms with E-state index < -0.39 is 5.60 Å². The third kappa shape index (κ3) is 4.68. The average Bonchev–Trinajstić information content (AvgIpc) is 3.04. The van der Waals surface area contributed by atoms with Gasteiger partial charge in [0.25, 0.3) is 0 Å². The molecule has 4 rings (SSSR count). The molecule has 1 aromatic heterocycles. The summed E-state index contributed by atoms with van der Waals surface area (Å²) in [5.74, 6) is 3.41. The molecule has 2 aliphatic heterocycles. The van der Waals surface area contributed by atoms with Crippen LogP contribution in [0.5, 0.6) is 5.75 Å². The minimum Gasteiger partial charge on any atom is -0.492 e. The Balaban J connectivity index is 1.43. The first-order valence-electron chi connectivity index (χ1n) is 10.9. The van der Waals surface area contributed by atoms with Gasteiger partial charge in [0.1, 0.15) is 23.9 Å². The Kier molecular flexibility index (Phi) is 6.00. The topological polar surface area (TPSA) is 49.1 Å². The first-order chi connectivity index (χ1) is 13.9. The lowest BCUT2D eigenvalue weighted by molar-refractivity contribution is -0.0204. The van der Waals surface area contributed by atoms with Crippen LogP contribution in [-0.4, -0.2) is 54.7 Å². The molecular formula is C24H34N2O3. The number of hydrogen-bond donors (Lipinski definition) is 1. The van der Waals surface area contributed by atoms with Crippen molar-refractivity contribution in [3.8, 4) is 5.75 Å². The Bertz CT molecular complexity index is 823. The van der Waals surface area contributed by atoms with Crippen LogP contribution >= 0.6 is 0 Å². The lowest BCUT2D eigenvalue weighted by atomic mass is 9.84. The molecule has 0 aliphatic carbocycles. The normalized spacial score (nSPS) is 21.2. The molecule has 2 aliphatic rings. The second-order valence-electron chi connectivity index (χ2n) is 8.92. The van der Waals surface area contributed by atoms with Gasteiger partial charge in [0.15, 0.2) is 0 Å². The summed E-state index contributed by atoms with van der Waals surface area (Å²) in [7, 11) is 2.12. The Labute approximate surface area is 174 Å². The quantitative estimate of drug-likeness (QED) is 0.828. The first-order valence-corrected chi connectivity index (χ1v) is 10.9. The van der Waals surface area contributed by atoms with Crippen LogP contribution in [0.3, 0.4) is 0 Å². The largest absolute Gasteiger partial charge is 0.492 e. The van der Waals surface area contributed by atoms with E-state index in [9.17, 15) is 5.11 Å². The summed E-state index contributed by atoms with van der Waals surface area (Å²) in [6.45, 7) is 9.58. The van der Waals surface area contributed by atoms with Crippen LogP contribution < -0.4 is 4.74 Å². The molecule has 158 valence electrons. The van der Waals surface area contributed by atoms with E-state index in [1.54, 1.807) is 0 Å². The molecule has 2 aromatic rings. The lowest BCUT2D eigenvalue weighted by Crippen LogP contribution is -2.40. The molecule has 1 atom stereocenters. The number of hydrogen-bond acceptors (Lipinski definition) is 5. The third-order valence-electron chi connectivity index (χ3n) is 6.60. The zero-order valence-electron chi connectivity index (χ0n) is 18.0. The van der Waals surface area contributed by atoms with Crippen LogP contribution in [0.1, 0.15) is 54.8 Å². The van der Waals surface area contributed by atoms with Crippen LogP contribution in [0, 0.1) is 6.92 Å². The molecule has 1 unspecified atom stereocenters. The van der Waals surface area contributed by atoms with Gasteiger partial charge in [0.2, 0.25) is 0 Å². The van der Waals surface area contributed by atoms with Crippen LogP contribution in [-0.2, 0) is 12.1 Å². The zero-order valence-corrected chi connectivity index (χ0v) is 18.0. The number of nitrogens with zero attached hydrogens (tertiary/aromatic N) is 2. The Hall–Kier alpha value is -1.82. The lowest BCUT2D eigenvalue weighted by Gasteiger charge is -2.37. The summed E-state index contributed by atoms with van der Waals surface area (Å²) in [6, 6.07) is 10.4. The van der Waals surface area contributed by atoms with Crippen molar-refractivity contribution in [2.75, 3.05) is 39.8 Å². The van der Waals surface area contributed by atoms with Gasteiger partial charge in [-0.15, -0.1) is 0 Å². The number of piperidine rings is 1. The standard InChI is InChI=1S/C24H34N2O3/c1-18(22-6-4-19(2)29-22)8-11-26-14-15-28-23-7-5-21(16-20(23)17-26)24(27)9-12-25(3)13-10-24/h4-7,16,18,27H,8-15,17H2,1-3H3. The highest BCUT2D eigenvalue weighted by atomic mass is 16.5. The van der Waals surface area contributed by atoms with Crippen molar-refractivity contribution in [2.45, 2.75) is 51.2 Å². The second-order valence-corrected chi connectivity index (χ2v) is 8.92. The molecule has 1 aromatic carbocycles. The SMILES string of the molecule is Cc1ccc(C(C)CCN2CCOc3ccc(C4(O)CCN(C)CC4)cc3C2)o1. The molecule has 3 heterocycles. The van der Waals surface area contributed by atoms with E-state index in [1.165, 1.54) is 5.56 Å². The summed E-state index contributed by atoms with van der Waals surface area (Å²) >= 11 is 0. The van der Waals surface area contributed by atoms with Crippen LogP contribution in [0.2, 0.25) is 0 Å². The maximum atomic E-state index is 11.2. The van der Waals surface area contributed by atoms with Crippen molar-refractivity contribution in [3.63, 3.8) is 0 Å². The zero-order chi connectivity index (χ0) is 20.4. The third-order valence-corrected chi connectivity index (χ3v) is 6.60. The van der Waals surface area contributed by atoms with Gasteiger partial charge in [-0.05, 0) is 69.6 Å². The number of benzene rings is 1. The van der Waals surface area contributed by atoms with Crippen molar-refractivity contribution in [2.24, 2.45) is 0 Å². The predicted molar refractivity (Wildman–Crippen MR) is 114 cm³/mol. The molecule has 0 amide bonds. The van der Waals surface area contributed by atoms with E-state index in [0.29, 0.717) is 12.5 Å². The van der Waals surface area contributed by atoms with Gasteiger partial charge in [-0.3, -0.25) is 4.90 Å². The maximum absolute atomic E-state index is 11.2. The van der Waals surface area contributed by atoms with E-state index >= 15 is 0 Å². The monoisotopic (exact) mass is 398 g/mol. The van der Waals surface area contributed by atoms with Gasteiger partial charge in [-0.2, -0.15) is 0 Å². The number of rotatable bonds is 5. The summed E-state index contributed by atoms with van der Waals surface area (Å²) < 4.78 is 11.8. The molecule has 5 nitrogen and oxygen atoms in total. The fourth-order valence-electron chi connectivity index (χ4n) is 4.44. The van der Waals surface area contributed by atoms with Crippen molar-refractivity contribution in [1.29, 1.82) is 0 Å². The minimum atomic E-state index is -0.718. The molecule has 0 spiro atoms. The van der Waals surface area contributed by atoms with Crippen LogP contribution in [0.15, 0.2) is 34.7 Å². The van der Waals surface area contributed by atoms with Crippen molar-refractivity contribution in [1.82, 2.24) is 9.80 Å². The number of fused-ring (bicyclic) bond motifs is 1. The molecule has 0 bridgehead atoms. The van der Waals surface area contributed by atoms with Gasteiger partial charge in [-0.25, -0.2) is 0 Å². The van der Waals surface area contributed by atoms with Crippen molar-refractivity contribution in [3.05, 3.63) is 53.0 Å². The van der Waals surface area contributed by atoms with Crippen LogP contribution in [0.25, 0.3) is 0 Å². The Morgan fingerprint density at radius 3 is 2.66 bits per heavy atom.